The molecule has 0 aliphatic carbocycles. The molecule has 4 rings (SSSR count). The van der Waals surface area contributed by atoms with E-state index in [9.17, 15) is 14.4 Å². The number of rotatable bonds is 3. The van der Waals surface area contributed by atoms with Crippen molar-refractivity contribution in [2.45, 2.75) is 19.8 Å². The summed E-state index contributed by atoms with van der Waals surface area (Å²) in [6.07, 6.45) is 1.34. The third-order valence-electron chi connectivity index (χ3n) is 5.45. The van der Waals surface area contributed by atoms with Crippen molar-refractivity contribution in [3.8, 4) is 11.5 Å². The number of hydrazine groups is 1. The molecule has 9 nitrogen and oxygen atoms in total. The van der Waals surface area contributed by atoms with Crippen LogP contribution in [0.1, 0.15) is 28.8 Å². The molecule has 2 aromatic carbocycles. The lowest BCUT2D eigenvalue weighted by atomic mass is 9.97. The second-order valence-corrected chi connectivity index (χ2v) is 7.89. The van der Waals surface area contributed by atoms with E-state index >= 15 is 0 Å². The van der Waals surface area contributed by atoms with Crippen LogP contribution in [0.5, 0.6) is 11.5 Å². The van der Waals surface area contributed by atoms with Crippen LogP contribution >= 0.6 is 0 Å². The zero-order chi connectivity index (χ0) is 22.5. The van der Waals surface area contributed by atoms with Gasteiger partial charge in [0.2, 0.25) is 5.91 Å². The number of ether oxygens (including phenoxy) is 2. The van der Waals surface area contributed by atoms with E-state index in [0.29, 0.717) is 55.4 Å². The van der Waals surface area contributed by atoms with Gasteiger partial charge in [-0.05, 0) is 55.7 Å². The van der Waals surface area contributed by atoms with Crippen LogP contribution in [0.25, 0.3) is 0 Å². The van der Waals surface area contributed by atoms with Crippen molar-refractivity contribution >= 4 is 23.5 Å². The van der Waals surface area contributed by atoms with Gasteiger partial charge < -0.3 is 19.7 Å². The summed E-state index contributed by atoms with van der Waals surface area (Å²) in [6.45, 7) is 3.70. The van der Waals surface area contributed by atoms with Gasteiger partial charge in [0.15, 0.2) is 11.5 Å². The van der Waals surface area contributed by atoms with Crippen LogP contribution in [-0.4, -0.2) is 49.0 Å². The molecule has 1 fully saturated rings. The first-order valence-corrected chi connectivity index (χ1v) is 10.6. The zero-order valence-corrected chi connectivity index (χ0v) is 17.8. The van der Waals surface area contributed by atoms with Gasteiger partial charge in [0, 0.05) is 24.3 Å². The van der Waals surface area contributed by atoms with Gasteiger partial charge in [0.25, 0.3) is 5.91 Å². The highest BCUT2D eigenvalue weighted by atomic mass is 16.6. The first-order chi connectivity index (χ1) is 15.5. The molecule has 4 amide bonds. The lowest BCUT2D eigenvalue weighted by Crippen LogP contribution is -2.50. The van der Waals surface area contributed by atoms with Crippen LogP contribution in [0, 0.1) is 12.8 Å². The highest BCUT2D eigenvalue weighted by molar-refractivity contribution is 5.96. The Kier molecular flexibility index (Phi) is 6.44. The fraction of sp³-hybridized carbons (Fsp3) is 0.348. The Morgan fingerprint density at radius 2 is 1.81 bits per heavy atom. The van der Waals surface area contributed by atoms with E-state index in [1.54, 1.807) is 23.1 Å². The summed E-state index contributed by atoms with van der Waals surface area (Å²) in [5.41, 5.74) is 7.03. The van der Waals surface area contributed by atoms with Crippen molar-refractivity contribution in [1.82, 2.24) is 15.8 Å². The van der Waals surface area contributed by atoms with Crippen molar-refractivity contribution in [3.05, 3.63) is 53.6 Å². The molecule has 3 N–H and O–H groups in total. The zero-order valence-electron chi connectivity index (χ0n) is 17.8. The second kappa shape index (κ2) is 9.59. The van der Waals surface area contributed by atoms with Crippen LogP contribution < -0.4 is 25.6 Å². The van der Waals surface area contributed by atoms with E-state index in [0.717, 1.165) is 5.56 Å². The maximum atomic E-state index is 12.6. The molecule has 0 aromatic heterocycles. The van der Waals surface area contributed by atoms with Gasteiger partial charge in [-0.15, -0.1) is 0 Å². The highest BCUT2D eigenvalue weighted by Crippen LogP contribution is 2.30. The van der Waals surface area contributed by atoms with Crippen molar-refractivity contribution < 1.29 is 23.9 Å². The third-order valence-corrected chi connectivity index (χ3v) is 5.45. The third kappa shape index (κ3) is 5.11. The fourth-order valence-corrected chi connectivity index (χ4v) is 3.78. The number of hydrogen-bond acceptors (Lipinski definition) is 5. The van der Waals surface area contributed by atoms with Crippen molar-refractivity contribution in [3.63, 3.8) is 0 Å². The lowest BCUT2D eigenvalue weighted by Gasteiger charge is -2.32. The van der Waals surface area contributed by atoms with Crippen LogP contribution in [0.15, 0.2) is 42.5 Å². The molecular formula is C23H26N4O5. The second-order valence-electron chi connectivity index (χ2n) is 7.89. The molecule has 2 heterocycles. The number of aryl methyl sites for hydroxylation is 1. The van der Waals surface area contributed by atoms with Crippen molar-refractivity contribution in [1.29, 1.82) is 0 Å². The van der Waals surface area contributed by atoms with Gasteiger partial charge in [0.1, 0.15) is 13.2 Å². The van der Waals surface area contributed by atoms with E-state index in [1.165, 1.54) is 0 Å². The minimum atomic E-state index is -0.458. The number of carbonyl (C=O) groups is 3. The predicted molar refractivity (Wildman–Crippen MR) is 118 cm³/mol. The van der Waals surface area contributed by atoms with Crippen LogP contribution in [0.3, 0.4) is 0 Å². The van der Waals surface area contributed by atoms with Crippen LogP contribution in [-0.2, 0) is 4.79 Å². The van der Waals surface area contributed by atoms with Crippen LogP contribution in [0.2, 0.25) is 0 Å². The molecule has 168 valence electrons. The van der Waals surface area contributed by atoms with Gasteiger partial charge >= 0.3 is 6.03 Å². The average Bonchev–Trinajstić information content (AvgIpc) is 2.82. The van der Waals surface area contributed by atoms with Crippen LogP contribution in [0.4, 0.5) is 10.5 Å². The standard InChI is InChI=1S/C23H26N4O5/c1-15-4-2-6-18(12-15)24-23(30)27-9-3-5-17(14-27)22(29)26-25-21(28)16-7-8-19-20(13-16)32-11-10-31-19/h2,4,6-8,12-13,17H,3,5,9-11,14H2,1H3,(H,24,30)(H,25,28)(H,26,29). The number of piperidine rings is 1. The number of amides is 4. The minimum absolute atomic E-state index is 0.242. The average molecular weight is 438 g/mol. The number of fused-ring (bicyclic) bond motifs is 1. The Bertz CT molecular complexity index is 1030. The predicted octanol–water partition coefficient (Wildman–Crippen LogP) is 2.47. The Morgan fingerprint density at radius 1 is 1.00 bits per heavy atom. The molecule has 1 atom stereocenters. The van der Waals surface area contributed by atoms with E-state index in [-0.39, 0.29) is 18.5 Å². The summed E-state index contributed by atoms with van der Waals surface area (Å²) < 4.78 is 10.9. The normalized spacial score (nSPS) is 17.3. The van der Waals surface area contributed by atoms with Gasteiger partial charge in [0.05, 0.1) is 5.92 Å². The molecule has 2 aromatic rings. The summed E-state index contributed by atoms with van der Waals surface area (Å²) in [6, 6.07) is 12.1. The summed E-state index contributed by atoms with van der Waals surface area (Å²) in [7, 11) is 0. The number of nitrogens with one attached hydrogen (secondary N) is 3. The molecule has 0 radical (unpaired) electrons. The van der Waals surface area contributed by atoms with Crippen molar-refractivity contribution in [2.24, 2.45) is 5.92 Å². The molecule has 2 aliphatic rings. The lowest BCUT2D eigenvalue weighted by molar-refractivity contribution is -0.127. The molecule has 32 heavy (non-hydrogen) atoms. The number of anilines is 1. The monoisotopic (exact) mass is 438 g/mol. The molecule has 0 saturated carbocycles. The fourth-order valence-electron chi connectivity index (χ4n) is 3.78. The first kappa shape index (κ1) is 21.5. The highest BCUT2D eigenvalue weighted by Gasteiger charge is 2.29. The SMILES string of the molecule is Cc1cccc(NC(=O)N2CCCC(C(=O)NNC(=O)c3ccc4c(c3)OCCO4)C2)c1. The Balaban J connectivity index is 1.29. The molecule has 0 bridgehead atoms. The maximum absolute atomic E-state index is 12.6. The topological polar surface area (TPSA) is 109 Å². The smallest absolute Gasteiger partial charge is 0.321 e. The molecule has 1 unspecified atom stereocenters. The minimum Gasteiger partial charge on any atom is -0.486 e. The Morgan fingerprint density at radius 3 is 2.62 bits per heavy atom. The van der Waals surface area contributed by atoms with Gasteiger partial charge in [-0.25, -0.2) is 4.79 Å². The summed E-state index contributed by atoms with van der Waals surface area (Å²) in [4.78, 5) is 39.3. The van der Waals surface area contributed by atoms with Gasteiger partial charge in [-0.1, -0.05) is 12.1 Å². The van der Waals surface area contributed by atoms with Gasteiger partial charge in [-0.2, -0.15) is 0 Å². The van der Waals surface area contributed by atoms with Crippen molar-refractivity contribution in [2.75, 3.05) is 31.6 Å². The quantitative estimate of drug-likeness (QED) is 0.638. The number of benzene rings is 2. The Hall–Kier alpha value is -3.75. The molecule has 1 saturated heterocycles. The maximum Gasteiger partial charge on any atom is 0.321 e. The van der Waals surface area contributed by atoms with E-state index in [1.807, 2.05) is 31.2 Å². The number of hydrogen-bond donors (Lipinski definition) is 3. The van der Waals surface area contributed by atoms with E-state index in [2.05, 4.69) is 16.2 Å². The van der Waals surface area contributed by atoms with E-state index in [4.69, 9.17) is 9.47 Å². The first-order valence-electron chi connectivity index (χ1n) is 10.6. The number of urea groups is 1. The molecule has 9 heteroatoms. The molecular weight excluding hydrogens is 412 g/mol. The molecule has 2 aliphatic heterocycles. The van der Waals surface area contributed by atoms with E-state index < -0.39 is 11.8 Å². The number of nitrogens with zero attached hydrogens (tertiary/aromatic N) is 1. The summed E-state index contributed by atoms with van der Waals surface area (Å²) >= 11 is 0. The summed E-state index contributed by atoms with van der Waals surface area (Å²) in [5, 5.41) is 2.87. The summed E-state index contributed by atoms with van der Waals surface area (Å²) in [5.74, 6) is -0.113. The number of carbonyl (C=O) groups excluding carboxylic acids is 3. The van der Waals surface area contributed by atoms with Gasteiger partial charge in [-0.3, -0.25) is 20.4 Å². The Labute approximate surface area is 186 Å². The number of likely N-dealkylation sites (tertiary alicyclic amines) is 1. The largest absolute Gasteiger partial charge is 0.486 e. The molecule has 0 spiro atoms.